The van der Waals surface area contributed by atoms with Gasteiger partial charge in [-0.05, 0) is 22.9 Å². The smallest absolute Gasteiger partial charge is 0.310 e. The average Bonchev–Trinajstić information content (AvgIpc) is 2.55. The minimum Gasteiger partial charge on any atom is -0.506 e. The Kier molecular flexibility index (Phi) is 3.65. The zero-order valence-electron chi connectivity index (χ0n) is 9.77. The number of fused-ring (bicyclic) bond motifs is 1. The van der Waals surface area contributed by atoms with Crippen molar-refractivity contribution >= 4 is 21.9 Å². The van der Waals surface area contributed by atoms with E-state index in [1.807, 2.05) is 0 Å². The minimum atomic E-state index is -1.03. The maximum atomic E-state index is 11.1. The maximum absolute atomic E-state index is 11.1. The van der Waals surface area contributed by atoms with Gasteiger partial charge in [-0.3, -0.25) is 4.79 Å². The average molecular weight is 317 g/mol. The fourth-order valence-corrected chi connectivity index (χ4v) is 2.24. The summed E-state index contributed by atoms with van der Waals surface area (Å²) >= 11 is 3.19. The molecule has 6 heteroatoms. The number of aliphatic carboxylic acids is 1. The van der Waals surface area contributed by atoms with Gasteiger partial charge in [0.25, 0.3) is 0 Å². The van der Waals surface area contributed by atoms with Crippen LogP contribution in [-0.2, 0) is 4.79 Å². The number of carboxylic acid groups (broad SMARTS) is 1. The van der Waals surface area contributed by atoms with Gasteiger partial charge in [0.2, 0.25) is 0 Å². The van der Waals surface area contributed by atoms with Crippen LogP contribution in [0.5, 0.6) is 17.2 Å². The second-order valence-corrected chi connectivity index (χ2v) is 4.91. The monoisotopic (exact) mass is 316 g/mol. The van der Waals surface area contributed by atoms with Gasteiger partial charge in [0, 0.05) is 12.5 Å². The number of rotatable bonds is 2. The summed E-state index contributed by atoms with van der Waals surface area (Å²) in [6.45, 7) is 2.44. The molecule has 0 spiro atoms. The van der Waals surface area contributed by atoms with Crippen LogP contribution in [-0.4, -0.2) is 29.4 Å². The molecule has 1 aromatic rings. The van der Waals surface area contributed by atoms with Gasteiger partial charge in [-0.1, -0.05) is 0 Å². The van der Waals surface area contributed by atoms with Crippen molar-refractivity contribution in [1.82, 2.24) is 0 Å². The minimum absolute atomic E-state index is 0.117. The number of hydrogen-bond acceptors (Lipinski definition) is 4. The van der Waals surface area contributed by atoms with Gasteiger partial charge in [0.1, 0.15) is 5.75 Å². The van der Waals surface area contributed by atoms with Gasteiger partial charge in [0.15, 0.2) is 11.5 Å². The summed E-state index contributed by atoms with van der Waals surface area (Å²) in [6.07, 6.45) is 0.716. The first-order chi connectivity index (χ1) is 8.52. The molecule has 0 saturated heterocycles. The second kappa shape index (κ2) is 5.06. The highest BCUT2D eigenvalue weighted by molar-refractivity contribution is 9.10. The lowest BCUT2D eigenvalue weighted by atomic mass is 9.98. The molecule has 0 aromatic heterocycles. The van der Waals surface area contributed by atoms with Crippen LogP contribution < -0.4 is 9.47 Å². The molecular weight excluding hydrogens is 304 g/mol. The molecule has 98 valence electrons. The Morgan fingerprint density at radius 3 is 2.78 bits per heavy atom. The van der Waals surface area contributed by atoms with Crippen molar-refractivity contribution in [3.8, 4) is 17.2 Å². The van der Waals surface area contributed by atoms with Gasteiger partial charge in [0.05, 0.1) is 29.2 Å². The quantitative estimate of drug-likeness (QED) is 0.876. The van der Waals surface area contributed by atoms with E-state index in [0.29, 0.717) is 35.6 Å². The number of carbonyl (C=O) groups is 1. The van der Waals surface area contributed by atoms with Crippen LogP contribution in [0.15, 0.2) is 10.5 Å². The molecule has 1 aliphatic heterocycles. The molecule has 1 heterocycles. The summed E-state index contributed by atoms with van der Waals surface area (Å²) < 4.78 is 11.4. The van der Waals surface area contributed by atoms with E-state index >= 15 is 0 Å². The van der Waals surface area contributed by atoms with Crippen LogP contribution >= 0.6 is 15.9 Å². The third-order valence-corrected chi connectivity index (χ3v) is 3.41. The Labute approximate surface area is 112 Å². The number of aromatic hydroxyl groups is 1. The maximum Gasteiger partial charge on any atom is 0.310 e. The van der Waals surface area contributed by atoms with E-state index in [-0.39, 0.29) is 11.3 Å². The third kappa shape index (κ3) is 2.25. The molecule has 1 atom stereocenters. The fourth-order valence-electron chi connectivity index (χ4n) is 1.81. The molecule has 5 nitrogen and oxygen atoms in total. The summed E-state index contributed by atoms with van der Waals surface area (Å²) in [5, 5.41) is 19.1. The molecule has 0 radical (unpaired) electrons. The van der Waals surface area contributed by atoms with Crippen LogP contribution in [0.1, 0.15) is 24.8 Å². The summed E-state index contributed by atoms with van der Waals surface area (Å²) in [5.74, 6) is -1.24. The van der Waals surface area contributed by atoms with Crippen molar-refractivity contribution in [1.29, 1.82) is 0 Å². The Morgan fingerprint density at radius 1 is 1.44 bits per heavy atom. The molecule has 18 heavy (non-hydrogen) atoms. The molecule has 1 aliphatic rings. The first-order valence-corrected chi connectivity index (χ1v) is 6.35. The molecule has 0 bridgehead atoms. The molecule has 0 saturated carbocycles. The standard InChI is InChI=1S/C12H13BrO5/c1-6(12(15)16)9-10(14)7(13)5-8-11(9)18-4-2-3-17-8/h5-6,14H,2-4H2,1H3,(H,15,16). The van der Waals surface area contributed by atoms with Crippen LogP contribution in [0, 0.1) is 0 Å². The van der Waals surface area contributed by atoms with Crippen LogP contribution in [0.3, 0.4) is 0 Å². The first kappa shape index (κ1) is 13.0. The molecule has 0 amide bonds. The summed E-state index contributed by atoms with van der Waals surface area (Å²) in [7, 11) is 0. The zero-order chi connectivity index (χ0) is 13.3. The molecule has 0 fully saturated rings. The van der Waals surface area contributed by atoms with Crippen molar-refractivity contribution in [2.24, 2.45) is 0 Å². The normalized spacial score (nSPS) is 15.9. The molecular formula is C12H13BrO5. The predicted molar refractivity (Wildman–Crippen MR) is 67.5 cm³/mol. The van der Waals surface area contributed by atoms with Crippen molar-refractivity contribution in [3.63, 3.8) is 0 Å². The molecule has 2 N–H and O–H groups in total. The van der Waals surface area contributed by atoms with Crippen LogP contribution in [0.2, 0.25) is 0 Å². The van der Waals surface area contributed by atoms with Gasteiger partial charge in [-0.2, -0.15) is 0 Å². The lowest BCUT2D eigenvalue weighted by Gasteiger charge is -2.17. The number of carboxylic acids is 1. The molecule has 2 rings (SSSR count). The molecule has 1 aromatic carbocycles. The van der Waals surface area contributed by atoms with E-state index in [9.17, 15) is 9.90 Å². The van der Waals surface area contributed by atoms with Crippen LogP contribution in [0.4, 0.5) is 0 Å². The van der Waals surface area contributed by atoms with E-state index in [1.165, 1.54) is 6.92 Å². The van der Waals surface area contributed by atoms with E-state index in [0.717, 1.165) is 0 Å². The number of phenolic OH excluding ortho intramolecular Hbond substituents is 1. The summed E-state index contributed by atoms with van der Waals surface area (Å²) in [4.78, 5) is 11.1. The highest BCUT2D eigenvalue weighted by atomic mass is 79.9. The van der Waals surface area contributed by atoms with Crippen molar-refractivity contribution in [2.75, 3.05) is 13.2 Å². The van der Waals surface area contributed by atoms with Crippen molar-refractivity contribution in [3.05, 3.63) is 16.1 Å². The van der Waals surface area contributed by atoms with Gasteiger partial charge >= 0.3 is 5.97 Å². The van der Waals surface area contributed by atoms with Crippen molar-refractivity contribution < 1.29 is 24.5 Å². The lowest BCUT2D eigenvalue weighted by molar-refractivity contribution is -0.138. The second-order valence-electron chi connectivity index (χ2n) is 4.06. The van der Waals surface area contributed by atoms with Crippen LogP contribution in [0.25, 0.3) is 0 Å². The Bertz CT molecular complexity index is 486. The summed E-state index contributed by atoms with van der Waals surface area (Å²) in [5.41, 5.74) is 0.244. The Hall–Kier alpha value is -1.43. The number of halogens is 1. The number of phenols is 1. The zero-order valence-corrected chi connectivity index (χ0v) is 11.4. The number of ether oxygens (including phenoxy) is 2. The lowest BCUT2D eigenvalue weighted by Crippen LogP contribution is -2.10. The van der Waals surface area contributed by atoms with Gasteiger partial charge in [-0.15, -0.1) is 0 Å². The van der Waals surface area contributed by atoms with Gasteiger partial charge < -0.3 is 19.7 Å². The Morgan fingerprint density at radius 2 is 2.11 bits per heavy atom. The largest absolute Gasteiger partial charge is 0.506 e. The number of benzene rings is 1. The predicted octanol–water partition coefficient (Wildman–Crippen LogP) is 2.50. The SMILES string of the molecule is CC(C(=O)O)c1c(O)c(Br)cc2c1OCCCO2. The van der Waals surface area contributed by atoms with Gasteiger partial charge in [-0.25, -0.2) is 0 Å². The highest BCUT2D eigenvalue weighted by Crippen LogP contribution is 2.46. The molecule has 1 unspecified atom stereocenters. The summed E-state index contributed by atoms with van der Waals surface area (Å²) in [6, 6.07) is 1.59. The first-order valence-electron chi connectivity index (χ1n) is 5.56. The topological polar surface area (TPSA) is 76.0 Å². The van der Waals surface area contributed by atoms with Crippen molar-refractivity contribution in [2.45, 2.75) is 19.3 Å². The fraction of sp³-hybridized carbons (Fsp3) is 0.417. The third-order valence-electron chi connectivity index (χ3n) is 2.80. The van der Waals surface area contributed by atoms with E-state index in [1.54, 1.807) is 6.07 Å². The van der Waals surface area contributed by atoms with E-state index < -0.39 is 11.9 Å². The Balaban J connectivity index is 2.61. The highest BCUT2D eigenvalue weighted by Gasteiger charge is 2.28. The van der Waals surface area contributed by atoms with E-state index in [2.05, 4.69) is 15.9 Å². The molecule has 0 aliphatic carbocycles. The van der Waals surface area contributed by atoms with E-state index in [4.69, 9.17) is 14.6 Å². The number of hydrogen-bond donors (Lipinski definition) is 2.